The van der Waals surface area contributed by atoms with Gasteiger partial charge < -0.3 is 10.2 Å². The summed E-state index contributed by atoms with van der Waals surface area (Å²) < 4.78 is 0. The molecule has 1 aliphatic carbocycles. The highest BCUT2D eigenvalue weighted by Gasteiger charge is 2.22. The van der Waals surface area contributed by atoms with E-state index < -0.39 is 11.9 Å². The van der Waals surface area contributed by atoms with Crippen LogP contribution in [0.5, 0.6) is 0 Å². The summed E-state index contributed by atoms with van der Waals surface area (Å²) >= 11 is 0. The lowest BCUT2D eigenvalue weighted by Gasteiger charge is -2.14. The van der Waals surface area contributed by atoms with Crippen molar-refractivity contribution in [2.75, 3.05) is 0 Å². The molecule has 1 saturated carbocycles. The second-order valence-corrected chi connectivity index (χ2v) is 7.04. The average Bonchev–Trinajstić information content (AvgIpc) is 2.65. The molecule has 0 atom stereocenters. The number of aryl methyl sites for hydroxylation is 1. The smallest absolute Gasteiger partial charge is 0.336 e. The van der Waals surface area contributed by atoms with Gasteiger partial charge in [0.1, 0.15) is 5.78 Å². The molecule has 0 amide bonds. The van der Waals surface area contributed by atoms with E-state index in [0.717, 1.165) is 63.4 Å². The molecular formula is C22H32O5. The van der Waals surface area contributed by atoms with Crippen LogP contribution >= 0.6 is 0 Å². The zero-order valence-electron chi connectivity index (χ0n) is 16.6. The highest BCUT2D eigenvalue weighted by atomic mass is 16.4. The van der Waals surface area contributed by atoms with Crippen LogP contribution in [0.25, 0.3) is 0 Å². The standard InChI is InChI=1S/C16H22O4.C6H10O/c1-3-5-7-11-9-10-13(15(17)18)14(16(19)20)12(11)8-6-4-2;7-6-4-2-1-3-5-6/h9-10H,3-8H2,1-2H3,(H,17,18)(H,19,20);1-5H2. The molecule has 0 aliphatic heterocycles. The quantitative estimate of drug-likeness (QED) is 0.643. The highest BCUT2D eigenvalue weighted by molar-refractivity contribution is 6.03. The molecule has 1 aromatic carbocycles. The number of aromatic carboxylic acids is 2. The second kappa shape index (κ2) is 12.3. The molecule has 0 aromatic heterocycles. The second-order valence-electron chi connectivity index (χ2n) is 7.04. The number of carboxylic acid groups (broad SMARTS) is 2. The Labute approximate surface area is 161 Å². The molecule has 1 aliphatic rings. The number of carbonyl (C=O) groups excluding carboxylic acids is 1. The van der Waals surface area contributed by atoms with Crippen molar-refractivity contribution in [1.29, 1.82) is 0 Å². The predicted octanol–water partition coefficient (Wildman–Crippen LogP) is 5.29. The van der Waals surface area contributed by atoms with Gasteiger partial charge in [0.2, 0.25) is 0 Å². The SMILES string of the molecule is CCCCc1ccc(C(=O)O)c(C(=O)O)c1CCCC.O=C1CCCCC1. The molecule has 0 saturated heterocycles. The monoisotopic (exact) mass is 376 g/mol. The predicted molar refractivity (Wildman–Crippen MR) is 106 cm³/mol. The molecule has 0 spiro atoms. The van der Waals surface area contributed by atoms with E-state index in [1.807, 2.05) is 6.92 Å². The molecule has 2 N–H and O–H groups in total. The van der Waals surface area contributed by atoms with Crippen molar-refractivity contribution >= 4 is 17.7 Å². The molecule has 1 fully saturated rings. The molecule has 0 unspecified atom stereocenters. The molecule has 0 bridgehead atoms. The van der Waals surface area contributed by atoms with Gasteiger partial charge in [0, 0.05) is 12.8 Å². The summed E-state index contributed by atoms with van der Waals surface area (Å²) in [6.07, 6.45) is 10.5. The Morgan fingerprint density at radius 2 is 1.48 bits per heavy atom. The molecule has 0 radical (unpaired) electrons. The van der Waals surface area contributed by atoms with Gasteiger partial charge in [-0.15, -0.1) is 0 Å². The lowest BCUT2D eigenvalue weighted by atomic mass is 9.90. The van der Waals surface area contributed by atoms with Crippen molar-refractivity contribution < 1.29 is 24.6 Å². The van der Waals surface area contributed by atoms with Crippen LogP contribution in [0.15, 0.2) is 12.1 Å². The Balaban J connectivity index is 0.000000433. The van der Waals surface area contributed by atoms with E-state index in [1.165, 1.54) is 12.5 Å². The minimum Gasteiger partial charge on any atom is -0.478 e. The summed E-state index contributed by atoms with van der Waals surface area (Å²) in [5.41, 5.74) is 1.54. The Morgan fingerprint density at radius 3 is 1.93 bits per heavy atom. The molecule has 5 nitrogen and oxygen atoms in total. The van der Waals surface area contributed by atoms with Crippen LogP contribution in [0.4, 0.5) is 0 Å². The third-order valence-electron chi connectivity index (χ3n) is 4.85. The normalized spacial score (nSPS) is 13.6. The van der Waals surface area contributed by atoms with E-state index in [0.29, 0.717) is 17.8 Å². The number of hydrogen-bond acceptors (Lipinski definition) is 3. The number of rotatable bonds is 8. The van der Waals surface area contributed by atoms with E-state index in [9.17, 15) is 19.5 Å². The average molecular weight is 376 g/mol. The van der Waals surface area contributed by atoms with E-state index in [1.54, 1.807) is 6.07 Å². The summed E-state index contributed by atoms with van der Waals surface area (Å²) in [5.74, 6) is -1.86. The van der Waals surface area contributed by atoms with Gasteiger partial charge in [0.25, 0.3) is 0 Å². The van der Waals surface area contributed by atoms with Crippen molar-refractivity contribution in [2.45, 2.75) is 84.5 Å². The third-order valence-corrected chi connectivity index (χ3v) is 4.85. The summed E-state index contributed by atoms with van der Waals surface area (Å²) in [6.45, 7) is 4.11. The fraction of sp³-hybridized carbons (Fsp3) is 0.591. The van der Waals surface area contributed by atoms with Gasteiger partial charge in [0.15, 0.2) is 0 Å². The van der Waals surface area contributed by atoms with Gasteiger partial charge in [-0.2, -0.15) is 0 Å². The van der Waals surface area contributed by atoms with Gasteiger partial charge in [0.05, 0.1) is 11.1 Å². The molecule has 1 aromatic rings. The Hall–Kier alpha value is -2.17. The first-order valence-corrected chi connectivity index (χ1v) is 10.0. The highest BCUT2D eigenvalue weighted by Crippen LogP contribution is 2.24. The minimum absolute atomic E-state index is 0.0282. The Morgan fingerprint density at radius 1 is 0.889 bits per heavy atom. The van der Waals surface area contributed by atoms with Crippen LogP contribution in [0.3, 0.4) is 0 Å². The van der Waals surface area contributed by atoms with E-state index >= 15 is 0 Å². The zero-order valence-corrected chi connectivity index (χ0v) is 16.6. The first kappa shape index (κ1) is 22.9. The molecule has 2 rings (SSSR count). The van der Waals surface area contributed by atoms with Gasteiger partial charge in [-0.1, -0.05) is 39.2 Å². The largest absolute Gasteiger partial charge is 0.478 e. The first-order chi connectivity index (χ1) is 12.9. The van der Waals surface area contributed by atoms with E-state index in [2.05, 4.69) is 6.92 Å². The number of ketones is 1. The van der Waals surface area contributed by atoms with Crippen LogP contribution in [0, 0.1) is 0 Å². The number of benzene rings is 1. The molecular weight excluding hydrogens is 344 g/mol. The summed E-state index contributed by atoms with van der Waals surface area (Å²) in [7, 11) is 0. The van der Waals surface area contributed by atoms with Crippen molar-refractivity contribution in [3.8, 4) is 0 Å². The van der Waals surface area contributed by atoms with Crippen LogP contribution in [0.1, 0.15) is 103 Å². The molecule has 0 heterocycles. The molecule has 5 heteroatoms. The van der Waals surface area contributed by atoms with Crippen molar-refractivity contribution in [3.05, 3.63) is 34.4 Å². The van der Waals surface area contributed by atoms with E-state index in [-0.39, 0.29) is 11.1 Å². The van der Waals surface area contributed by atoms with Crippen molar-refractivity contribution in [1.82, 2.24) is 0 Å². The maximum atomic E-state index is 11.5. The van der Waals surface area contributed by atoms with Crippen LogP contribution in [0.2, 0.25) is 0 Å². The topological polar surface area (TPSA) is 91.7 Å². The van der Waals surface area contributed by atoms with Crippen LogP contribution in [-0.4, -0.2) is 27.9 Å². The summed E-state index contributed by atoms with van der Waals surface area (Å²) in [5, 5.41) is 18.5. The Kier molecular flexibility index (Phi) is 10.4. The van der Waals surface area contributed by atoms with Crippen LogP contribution in [-0.2, 0) is 17.6 Å². The zero-order chi connectivity index (χ0) is 20.2. The number of hydrogen-bond donors (Lipinski definition) is 2. The van der Waals surface area contributed by atoms with Crippen molar-refractivity contribution in [3.63, 3.8) is 0 Å². The van der Waals surface area contributed by atoms with E-state index in [4.69, 9.17) is 5.11 Å². The first-order valence-electron chi connectivity index (χ1n) is 10.0. The van der Waals surface area contributed by atoms with Crippen molar-refractivity contribution in [2.24, 2.45) is 0 Å². The fourth-order valence-corrected chi connectivity index (χ4v) is 3.30. The Bertz CT molecular complexity index is 640. The van der Waals surface area contributed by atoms with Gasteiger partial charge in [-0.25, -0.2) is 9.59 Å². The maximum Gasteiger partial charge on any atom is 0.336 e. The number of unbranched alkanes of at least 4 members (excludes halogenated alkanes) is 2. The van der Waals surface area contributed by atoms with Gasteiger partial charge >= 0.3 is 11.9 Å². The minimum atomic E-state index is -1.18. The van der Waals surface area contributed by atoms with Gasteiger partial charge in [-0.3, -0.25) is 4.79 Å². The lowest BCUT2D eigenvalue weighted by molar-refractivity contribution is -0.120. The third kappa shape index (κ3) is 7.53. The maximum absolute atomic E-state index is 11.5. The summed E-state index contributed by atoms with van der Waals surface area (Å²) in [4.78, 5) is 33.2. The number of carbonyl (C=O) groups is 3. The molecule has 27 heavy (non-hydrogen) atoms. The lowest BCUT2D eigenvalue weighted by Crippen LogP contribution is -2.14. The van der Waals surface area contributed by atoms with Gasteiger partial charge in [-0.05, 0) is 55.7 Å². The summed E-state index contributed by atoms with van der Waals surface area (Å²) in [6, 6.07) is 3.20. The molecule has 150 valence electrons. The fourth-order valence-electron chi connectivity index (χ4n) is 3.30. The number of Topliss-reactive ketones (excluding diaryl/α,β-unsaturated/α-hetero) is 1. The number of carboxylic acids is 2. The van der Waals surface area contributed by atoms with Crippen LogP contribution < -0.4 is 0 Å².